The van der Waals surface area contributed by atoms with Gasteiger partial charge < -0.3 is 0 Å². The molecule has 4 nitrogen and oxygen atoms in total. The van der Waals surface area contributed by atoms with Crippen LogP contribution in [-0.2, 0) is 26.2 Å². The normalized spacial score (nSPS) is 11.6. The fourth-order valence-electron chi connectivity index (χ4n) is 6.60. The molecule has 0 saturated carbocycles. The summed E-state index contributed by atoms with van der Waals surface area (Å²) in [5, 5.41) is 0. The first-order valence-electron chi connectivity index (χ1n) is 19.4. The minimum atomic E-state index is 1.14. The summed E-state index contributed by atoms with van der Waals surface area (Å²) in [6, 6.07) is 0. The second-order valence-corrected chi connectivity index (χ2v) is 13.4. The Balaban J connectivity index is 2.16. The summed E-state index contributed by atoms with van der Waals surface area (Å²) < 4.78 is 10.4. The number of hydrogen-bond donors (Lipinski definition) is 0. The standard InChI is InChI=1S/C39H74N4/c1-5-9-13-17-19-21-24-28-32-42-35-34-40(30-26-16-12-8-4)38(42)39-41(31-27-23-15-11-7-3)36-37-43(39)33-29-25-22-20-18-14-10-6-2/h34-37H,5-33H2,1-4H3/q+2. The Kier molecular flexibility index (Phi) is 22.5. The van der Waals surface area contributed by atoms with Gasteiger partial charge in [0.05, 0.1) is 26.2 Å². The van der Waals surface area contributed by atoms with Crippen molar-refractivity contribution in [3.05, 3.63) is 24.8 Å². The Labute approximate surface area is 268 Å². The van der Waals surface area contributed by atoms with Gasteiger partial charge in [-0.1, -0.05) is 137 Å². The molecule has 0 bridgehead atoms. The van der Waals surface area contributed by atoms with Crippen LogP contribution in [0.3, 0.4) is 0 Å². The van der Waals surface area contributed by atoms with E-state index in [1.54, 1.807) is 0 Å². The molecular weight excluding hydrogens is 524 g/mol. The monoisotopic (exact) mass is 599 g/mol. The van der Waals surface area contributed by atoms with Crippen molar-refractivity contribution in [1.82, 2.24) is 9.13 Å². The molecule has 4 heteroatoms. The Morgan fingerprint density at radius 1 is 0.372 bits per heavy atom. The fourth-order valence-corrected chi connectivity index (χ4v) is 6.60. The van der Waals surface area contributed by atoms with E-state index in [-0.39, 0.29) is 0 Å². The molecule has 0 aliphatic heterocycles. The molecule has 0 aliphatic carbocycles. The summed E-state index contributed by atoms with van der Waals surface area (Å²) in [7, 11) is 0. The highest BCUT2D eigenvalue weighted by molar-refractivity contribution is 5.36. The molecule has 0 aliphatic rings. The molecule has 0 unspecified atom stereocenters. The Morgan fingerprint density at radius 3 is 1.00 bits per heavy atom. The van der Waals surface area contributed by atoms with Gasteiger partial charge >= 0.3 is 11.6 Å². The zero-order chi connectivity index (χ0) is 30.8. The molecule has 0 N–H and O–H groups in total. The van der Waals surface area contributed by atoms with E-state index in [1.807, 2.05) is 0 Å². The molecule has 43 heavy (non-hydrogen) atoms. The van der Waals surface area contributed by atoms with Crippen molar-refractivity contribution in [3.63, 3.8) is 0 Å². The van der Waals surface area contributed by atoms with Gasteiger partial charge in [-0.05, 0) is 51.4 Å². The van der Waals surface area contributed by atoms with Gasteiger partial charge in [-0.25, -0.2) is 18.3 Å². The highest BCUT2D eigenvalue weighted by atomic mass is 15.2. The number of hydrogen-bond acceptors (Lipinski definition) is 0. The van der Waals surface area contributed by atoms with E-state index in [2.05, 4.69) is 70.8 Å². The zero-order valence-corrected chi connectivity index (χ0v) is 29.6. The Morgan fingerprint density at radius 2 is 0.651 bits per heavy atom. The average Bonchev–Trinajstić information content (AvgIpc) is 3.60. The van der Waals surface area contributed by atoms with E-state index in [0.717, 1.165) is 26.2 Å². The van der Waals surface area contributed by atoms with Crippen molar-refractivity contribution in [2.75, 3.05) is 0 Å². The van der Waals surface area contributed by atoms with E-state index < -0.39 is 0 Å². The first-order valence-corrected chi connectivity index (χ1v) is 19.4. The SMILES string of the molecule is CCCCCCCCCCn1cc[n+](CCCCCCC)c1-c1n(CCCCCC)cc[n+]1CCCCCCCCCC. The van der Waals surface area contributed by atoms with Crippen LogP contribution in [0.2, 0.25) is 0 Å². The third kappa shape index (κ3) is 15.8. The third-order valence-electron chi connectivity index (χ3n) is 9.40. The van der Waals surface area contributed by atoms with Gasteiger partial charge in [-0.2, -0.15) is 0 Å². The second kappa shape index (κ2) is 25.7. The number of nitrogens with zero attached hydrogens (tertiary/aromatic N) is 4. The summed E-state index contributed by atoms with van der Waals surface area (Å²) in [5.74, 6) is 2.91. The van der Waals surface area contributed by atoms with Gasteiger partial charge in [0.1, 0.15) is 24.8 Å². The Bertz CT molecular complexity index is 895. The summed E-state index contributed by atoms with van der Waals surface area (Å²) in [6.07, 6.45) is 43.6. The van der Waals surface area contributed by atoms with Crippen LogP contribution in [0.15, 0.2) is 24.8 Å². The number of imidazole rings is 2. The molecule has 0 amide bonds. The maximum absolute atomic E-state index is 2.62. The zero-order valence-electron chi connectivity index (χ0n) is 29.6. The number of unbranched alkanes of at least 4 members (excludes halogenated alkanes) is 21. The minimum absolute atomic E-state index is 1.14. The summed E-state index contributed by atoms with van der Waals surface area (Å²) >= 11 is 0. The highest BCUT2D eigenvalue weighted by Crippen LogP contribution is 2.18. The lowest BCUT2D eigenvalue weighted by molar-refractivity contribution is -0.715. The van der Waals surface area contributed by atoms with Gasteiger partial charge in [0.15, 0.2) is 0 Å². The van der Waals surface area contributed by atoms with Crippen molar-refractivity contribution in [1.29, 1.82) is 0 Å². The van der Waals surface area contributed by atoms with Gasteiger partial charge in [-0.3, -0.25) is 0 Å². The van der Waals surface area contributed by atoms with Crippen molar-refractivity contribution in [3.8, 4) is 11.6 Å². The highest BCUT2D eigenvalue weighted by Gasteiger charge is 2.32. The van der Waals surface area contributed by atoms with E-state index in [4.69, 9.17) is 0 Å². The maximum atomic E-state index is 2.62. The van der Waals surface area contributed by atoms with Crippen LogP contribution in [0.25, 0.3) is 11.6 Å². The predicted octanol–water partition coefficient (Wildman–Crippen LogP) is 11.4. The van der Waals surface area contributed by atoms with Crippen LogP contribution >= 0.6 is 0 Å². The van der Waals surface area contributed by atoms with Crippen LogP contribution in [0.4, 0.5) is 0 Å². The van der Waals surface area contributed by atoms with Crippen molar-refractivity contribution < 1.29 is 9.13 Å². The largest absolute Gasteiger partial charge is 0.373 e. The molecule has 0 fully saturated rings. The van der Waals surface area contributed by atoms with Gasteiger partial charge in [0, 0.05) is 0 Å². The smallest absolute Gasteiger partial charge is 0.223 e. The lowest BCUT2D eigenvalue weighted by atomic mass is 10.1. The lowest BCUT2D eigenvalue weighted by Crippen LogP contribution is -2.43. The number of aromatic nitrogens is 4. The molecule has 2 heterocycles. The van der Waals surface area contributed by atoms with Crippen LogP contribution < -0.4 is 9.13 Å². The first-order chi connectivity index (χ1) is 21.3. The predicted molar refractivity (Wildman–Crippen MR) is 186 cm³/mol. The van der Waals surface area contributed by atoms with E-state index in [1.165, 1.54) is 172 Å². The summed E-state index contributed by atoms with van der Waals surface area (Å²) in [6.45, 7) is 13.8. The third-order valence-corrected chi connectivity index (χ3v) is 9.40. The van der Waals surface area contributed by atoms with E-state index in [0.29, 0.717) is 0 Å². The van der Waals surface area contributed by atoms with Gasteiger partial charge in [-0.15, -0.1) is 0 Å². The molecule has 0 saturated heterocycles. The maximum Gasteiger partial charge on any atom is 0.373 e. The average molecular weight is 599 g/mol. The minimum Gasteiger partial charge on any atom is -0.223 e. The molecule has 2 rings (SSSR count). The lowest BCUT2D eigenvalue weighted by Gasteiger charge is -2.08. The molecule has 0 aromatic carbocycles. The van der Waals surface area contributed by atoms with Gasteiger partial charge in [0.2, 0.25) is 0 Å². The molecule has 0 spiro atoms. The molecule has 2 aromatic heterocycles. The van der Waals surface area contributed by atoms with E-state index in [9.17, 15) is 0 Å². The first kappa shape index (κ1) is 37.6. The molecular formula is C39H74N4+2. The van der Waals surface area contributed by atoms with Crippen LogP contribution in [-0.4, -0.2) is 9.13 Å². The quantitative estimate of drug-likeness (QED) is 0.0629. The Hall–Kier alpha value is -1.58. The van der Waals surface area contributed by atoms with E-state index >= 15 is 0 Å². The molecule has 2 aromatic rings. The number of rotatable bonds is 30. The van der Waals surface area contributed by atoms with Crippen molar-refractivity contribution in [2.45, 2.75) is 214 Å². The van der Waals surface area contributed by atoms with Crippen molar-refractivity contribution in [2.24, 2.45) is 0 Å². The van der Waals surface area contributed by atoms with Crippen LogP contribution in [0.5, 0.6) is 0 Å². The number of aryl methyl sites for hydroxylation is 4. The second-order valence-electron chi connectivity index (χ2n) is 13.4. The van der Waals surface area contributed by atoms with Crippen LogP contribution in [0.1, 0.15) is 188 Å². The molecule has 248 valence electrons. The molecule has 0 atom stereocenters. The van der Waals surface area contributed by atoms with Crippen LogP contribution in [0, 0.1) is 0 Å². The van der Waals surface area contributed by atoms with Crippen molar-refractivity contribution >= 4 is 0 Å². The topological polar surface area (TPSA) is 17.6 Å². The molecule has 0 radical (unpaired) electrons. The fraction of sp³-hybridized carbons (Fsp3) is 0.846. The van der Waals surface area contributed by atoms with Gasteiger partial charge in [0.25, 0.3) is 0 Å². The summed E-state index contributed by atoms with van der Waals surface area (Å²) in [5.41, 5.74) is 0. The summed E-state index contributed by atoms with van der Waals surface area (Å²) in [4.78, 5) is 0.